The van der Waals surface area contributed by atoms with E-state index in [-0.39, 0.29) is 6.04 Å². The first-order valence-corrected chi connectivity index (χ1v) is 8.29. The number of nitrogens with zero attached hydrogens (tertiary/aromatic N) is 1. The number of carboxylic acids is 1. The van der Waals surface area contributed by atoms with Gasteiger partial charge in [0, 0.05) is 29.3 Å². The molecule has 1 aliphatic rings. The van der Waals surface area contributed by atoms with Crippen LogP contribution in [0.15, 0.2) is 29.6 Å². The smallest absolute Gasteiger partial charge is 0.321 e. The van der Waals surface area contributed by atoms with Crippen molar-refractivity contribution >= 4 is 39.2 Å². The second-order valence-electron chi connectivity index (χ2n) is 4.66. The number of thioether (sulfide) groups is 1. The van der Waals surface area contributed by atoms with Crippen molar-refractivity contribution < 1.29 is 9.90 Å². The summed E-state index contributed by atoms with van der Waals surface area (Å²) in [6, 6.07) is 7.97. The number of hydrogen-bond donors (Lipinski definition) is 1. The van der Waals surface area contributed by atoms with Crippen molar-refractivity contribution in [3.8, 4) is 0 Å². The number of carbonyl (C=O) groups is 1. The molecule has 0 spiro atoms. The maximum Gasteiger partial charge on any atom is 0.321 e. The van der Waals surface area contributed by atoms with E-state index in [4.69, 9.17) is 0 Å². The van der Waals surface area contributed by atoms with Crippen LogP contribution in [0.2, 0.25) is 0 Å². The van der Waals surface area contributed by atoms with Crippen LogP contribution in [0.4, 0.5) is 0 Å². The first kappa shape index (κ1) is 13.0. The molecule has 2 heterocycles. The van der Waals surface area contributed by atoms with Crippen molar-refractivity contribution in [3.63, 3.8) is 0 Å². The van der Waals surface area contributed by atoms with Gasteiger partial charge in [-0.15, -0.1) is 11.3 Å². The van der Waals surface area contributed by atoms with Crippen molar-refractivity contribution in [3.05, 3.63) is 35.2 Å². The molecule has 3 nitrogen and oxygen atoms in total. The van der Waals surface area contributed by atoms with Crippen LogP contribution in [0.25, 0.3) is 10.1 Å². The van der Waals surface area contributed by atoms with Crippen LogP contribution in [0, 0.1) is 0 Å². The Kier molecular flexibility index (Phi) is 3.77. The molecule has 1 unspecified atom stereocenters. The molecule has 0 amide bonds. The molecule has 1 aliphatic heterocycles. The van der Waals surface area contributed by atoms with Gasteiger partial charge in [-0.3, -0.25) is 9.69 Å². The molecule has 0 saturated carbocycles. The SMILES string of the molecule is O=C(O)C1CSCCN1Cc1csc2ccccc12. The zero-order valence-electron chi connectivity index (χ0n) is 10.4. The van der Waals surface area contributed by atoms with Gasteiger partial charge in [-0.25, -0.2) is 0 Å². The van der Waals surface area contributed by atoms with Gasteiger partial charge in [0.25, 0.3) is 0 Å². The Morgan fingerprint density at radius 3 is 3.11 bits per heavy atom. The van der Waals surface area contributed by atoms with Gasteiger partial charge < -0.3 is 5.11 Å². The average molecular weight is 293 g/mol. The highest BCUT2D eigenvalue weighted by molar-refractivity contribution is 7.99. The highest BCUT2D eigenvalue weighted by atomic mass is 32.2. The molecular formula is C14H15NO2S2. The molecule has 100 valence electrons. The molecule has 1 saturated heterocycles. The maximum atomic E-state index is 11.3. The molecule has 5 heteroatoms. The van der Waals surface area contributed by atoms with Gasteiger partial charge >= 0.3 is 5.97 Å². The molecule has 1 fully saturated rings. The van der Waals surface area contributed by atoms with Gasteiger partial charge in [-0.1, -0.05) is 18.2 Å². The lowest BCUT2D eigenvalue weighted by Crippen LogP contribution is -2.46. The molecule has 0 aliphatic carbocycles. The molecule has 1 aromatic heterocycles. The summed E-state index contributed by atoms with van der Waals surface area (Å²) in [4.78, 5) is 13.4. The molecule has 19 heavy (non-hydrogen) atoms. The highest BCUT2D eigenvalue weighted by Crippen LogP contribution is 2.28. The number of carboxylic acid groups (broad SMARTS) is 1. The van der Waals surface area contributed by atoms with Gasteiger partial charge in [-0.05, 0) is 22.4 Å². The van der Waals surface area contributed by atoms with E-state index in [1.807, 2.05) is 12.1 Å². The molecular weight excluding hydrogens is 278 g/mol. The van der Waals surface area contributed by atoms with Gasteiger partial charge in [0.1, 0.15) is 6.04 Å². The number of rotatable bonds is 3. The number of fused-ring (bicyclic) bond motifs is 1. The van der Waals surface area contributed by atoms with E-state index in [1.54, 1.807) is 23.1 Å². The average Bonchev–Trinajstić information content (AvgIpc) is 2.83. The summed E-state index contributed by atoms with van der Waals surface area (Å²) in [7, 11) is 0. The zero-order valence-corrected chi connectivity index (χ0v) is 12.0. The molecule has 1 aromatic carbocycles. The predicted molar refractivity (Wildman–Crippen MR) is 81.0 cm³/mol. The van der Waals surface area contributed by atoms with Crippen molar-refractivity contribution in [1.82, 2.24) is 4.90 Å². The minimum atomic E-state index is -0.702. The van der Waals surface area contributed by atoms with E-state index in [1.165, 1.54) is 15.6 Å². The summed E-state index contributed by atoms with van der Waals surface area (Å²) in [5, 5.41) is 12.7. The van der Waals surface area contributed by atoms with Crippen LogP contribution in [0.1, 0.15) is 5.56 Å². The van der Waals surface area contributed by atoms with Crippen molar-refractivity contribution in [2.75, 3.05) is 18.1 Å². The molecule has 0 radical (unpaired) electrons. The third kappa shape index (κ3) is 2.63. The Bertz CT molecular complexity index is 596. The van der Waals surface area contributed by atoms with E-state index in [0.717, 1.165) is 18.8 Å². The number of benzene rings is 1. The van der Waals surface area contributed by atoms with E-state index < -0.39 is 5.97 Å². The molecule has 1 N–H and O–H groups in total. The lowest BCUT2D eigenvalue weighted by Gasteiger charge is -2.32. The molecule has 1 atom stereocenters. The third-order valence-electron chi connectivity index (χ3n) is 3.46. The summed E-state index contributed by atoms with van der Waals surface area (Å²) >= 11 is 3.46. The van der Waals surface area contributed by atoms with Crippen molar-refractivity contribution in [2.24, 2.45) is 0 Å². The van der Waals surface area contributed by atoms with Crippen LogP contribution in [-0.2, 0) is 11.3 Å². The van der Waals surface area contributed by atoms with E-state index in [9.17, 15) is 9.90 Å². The second kappa shape index (κ2) is 5.53. The molecule has 2 aromatic rings. The molecule has 3 rings (SSSR count). The zero-order chi connectivity index (χ0) is 13.2. The maximum absolute atomic E-state index is 11.3. The van der Waals surface area contributed by atoms with Crippen LogP contribution in [0.5, 0.6) is 0 Å². The van der Waals surface area contributed by atoms with Gasteiger partial charge in [0.2, 0.25) is 0 Å². The first-order chi connectivity index (χ1) is 9.25. The lowest BCUT2D eigenvalue weighted by atomic mass is 10.1. The summed E-state index contributed by atoms with van der Waals surface area (Å²) in [6.07, 6.45) is 0. The Hall–Kier alpha value is -1.04. The minimum Gasteiger partial charge on any atom is -0.480 e. The van der Waals surface area contributed by atoms with Crippen LogP contribution < -0.4 is 0 Å². The van der Waals surface area contributed by atoms with Crippen LogP contribution >= 0.6 is 23.1 Å². The number of aliphatic carboxylic acids is 1. The largest absolute Gasteiger partial charge is 0.480 e. The quantitative estimate of drug-likeness (QED) is 0.944. The first-order valence-electron chi connectivity index (χ1n) is 6.25. The van der Waals surface area contributed by atoms with Crippen molar-refractivity contribution in [2.45, 2.75) is 12.6 Å². The normalized spacial score (nSPS) is 20.7. The Labute approximate surface area is 120 Å². The second-order valence-corrected chi connectivity index (χ2v) is 6.72. The van der Waals surface area contributed by atoms with E-state index in [2.05, 4.69) is 22.4 Å². The summed E-state index contributed by atoms with van der Waals surface area (Å²) < 4.78 is 1.27. The van der Waals surface area contributed by atoms with Crippen molar-refractivity contribution in [1.29, 1.82) is 0 Å². The van der Waals surface area contributed by atoms with Gasteiger partial charge in [0.05, 0.1) is 0 Å². The van der Waals surface area contributed by atoms with Crippen LogP contribution in [0.3, 0.4) is 0 Å². The van der Waals surface area contributed by atoms with E-state index in [0.29, 0.717) is 5.75 Å². The monoisotopic (exact) mass is 293 g/mol. The fourth-order valence-electron chi connectivity index (χ4n) is 2.43. The fraction of sp³-hybridized carbons (Fsp3) is 0.357. The number of thiophene rings is 1. The Balaban J connectivity index is 1.85. The standard InChI is InChI=1S/C14H15NO2S2/c16-14(17)12-9-18-6-5-15(12)7-10-8-19-13-4-2-1-3-11(10)13/h1-4,8,12H,5-7,9H2,(H,16,17). The topological polar surface area (TPSA) is 40.5 Å². The number of hydrogen-bond acceptors (Lipinski definition) is 4. The summed E-state index contributed by atoms with van der Waals surface area (Å²) in [5.41, 5.74) is 1.25. The summed E-state index contributed by atoms with van der Waals surface area (Å²) in [6.45, 7) is 1.59. The minimum absolute atomic E-state index is 0.350. The Morgan fingerprint density at radius 1 is 1.42 bits per heavy atom. The highest BCUT2D eigenvalue weighted by Gasteiger charge is 2.29. The van der Waals surface area contributed by atoms with Gasteiger partial charge in [-0.2, -0.15) is 11.8 Å². The summed E-state index contributed by atoms with van der Waals surface area (Å²) in [5.74, 6) is 1.01. The predicted octanol–water partition coefficient (Wildman–Crippen LogP) is 2.90. The Morgan fingerprint density at radius 2 is 2.26 bits per heavy atom. The van der Waals surface area contributed by atoms with E-state index >= 15 is 0 Å². The lowest BCUT2D eigenvalue weighted by molar-refractivity contribution is -0.142. The fourth-order valence-corrected chi connectivity index (χ4v) is 4.49. The van der Waals surface area contributed by atoms with Crippen LogP contribution in [-0.4, -0.2) is 40.1 Å². The molecule has 0 bridgehead atoms. The van der Waals surface area contributed by atoms with Gasteiger partial charge in [0.15, 0.2) is 0 Å². The third-order valence-corrected chi connectivity index (χ3v) is 5.49.